The third kappa shape index (κ3) is 4.04. The van der Waals surface area contributed by atoms with Crippen molar-refractivity contribution in [2.45, 2.75) is 18.9 Å². The molecule has 1 aromatic carbocycles. The molecule has 3 N–H and O–H groups in total. The Morgan fingerprint density at radius 1 is 1.37 bits per heavy atom. The van der Waals surface area contributed by atoms with Gasteiger partial charge < -0.3 is 4.74 Å². The zero-order chi connectivity index (χ0) is 13.7. The summed E-state index contributed by atoms with van der Waals surface area (Å²) in [6.07, 6.45) is 1.83. The summed E-state index contributed by atoms with van der Waals surface area (Å²) in [4.78, 5) is 1.34. The number of hydrogen-bond acceptors (Lipinski definition) is 4. The molecule has 0 bridgehead atoms. The summed E-state index contributed by atoms with van der Waals surface area (Å²) in [5.74, 6) is 6.50. The van der Waals surface area contributed by atoms with Gasteiger partial charge in [-0.3, -0.25) is 11.3 Å². The lowest BCUT2D eigenvalue weighted by Crippen LogP contribution is -2.38. The van der Waals surface area contributed by atoms with Crippen molar-refractivity contribution < 1.29 is 4.74 Å². The zero-order valence-electron chi connectivity index (χ0n) is 10.7. The van der Waals surface area contributed by atoms with Crippen molar-refractivity contribution in [3.8, 4) is 5.75 Å². The second-order valence-corrected chi connectivity index (χ2v) is 6.21. The number of benzene rings is 1. The van der Waals surface area contributed by atoms with Crippen molar-refractivity contribution in [3.63, 3.8) is 0 Å². The molecule has 1 atom stereocenters. The molecular formula is C14H17BrN2OS. The van der Waals surface area contributed by atoms with Crippen LogP contribution in [0.25, 0.3) is 0 Å². The molecule has 1 unspecified atom stereocenters. The standard InChI is InChI=1S/C14H17BrN2OS/c1-18-14-5-4-10(8-13(14)15)7-11(17-16)9-12-3-2-6-19-12/h2-6,8,11,17H,7,9,16H2,1H3. The normalized spacial score (nSPS) is 12.4. The highest BCUT2D eigenvalue weighted by atomic mass is 79.9. The summed E-state index contributed by atoms with van der Waals surface area (Å²) in [5.41, 5.74) is 4.13. The van der Waals surface area contributed by atoms with Crippen LogP contribution in [0.15, 0.2) is 40.2 Å². The Balaban J connectivity index is 2.03. The Bertz CT molecular complexity index is 516. The molecule has 0 aliphatic rings. The van der Waals surface area contributed by atoms with Crippen LogP contribution >= 0.6 is 27.3 Å². The van der Waals surface area contributed by atoms with E-state index in [4.69, 9.17) is 10.6 Å². The molecule has 0 fully saturated rings. The number of nitrogens with one attached hydrogen (secondary N) is 1. The van der Waals surface area contributed by atoms with Crippen molar-refractivity contribution in [1.82, 2.24) is 5.43 Å². The number of ether oxygens (including phenoxy) is 1. The Morgan fingerprint density at radius 2 is 2.21 bits per heavy atom. The maximum absolute atomic E-state index is 5.65. The van der Waals surface area contributed by atoms with E-state index in [0.29, 0.717) is 0 Å². The van der Waals surface area contributed by atoms with E-state index in [0.717, 1.165) is 23.1 Å². The predicted octanol–water partition coefficient (Wildman–Crippen LogP) is 3.14. The average molecular weight is 341 g/mol. The third-order valence-electron chi connectivity index (χ3n) is 2.96. The van der Waals surface area contributed by atoms with Gasteiger partial charge in [-0.1, -0.05) is 12.1 Å². The third-order valence-corrected chi connectivity index (χ3v) is 4.48. The molecule has 19 heavy (non-hydrogen) atoms. The molecule has 5 heteroatoms. The first-order valence-electron chi connectivity index (χ1n) is 6.04. The van der Waals surface area contributed by atoms with E-state index in [1.54, 1.807) is 18.4 Å². The molecule has 3 nitrogen and oxygen atoms in total. The van der Waals surface area contributed by atoms with Gasteiger partial charge >= 0.3 is 0 Å². The highest BCUT2D eigenvalue weighted by molar-refractivity contribution is 9.10. The minimum atomic E-state index is 0.235. The van der Waals surface area contributed by atoms with Gasteiger partial charge in [-0.2, -0.15) is 0 Å². The van der Waals surface area contributed by atoms with Crippen LogP contribution in [0.4, 0.5) is 0 Å². The van der Waals surface area contributed by atoms with Crippen LogP contribution in [0.1, 0.15) is 10.4 Å². The number of hydrogen-bond donors (Lipinski definition) is 2. The lowest BCUT2D eigenvalue weighted by atomic mass is 10.0. The van der Waals surface area contributed by atoms with E-state index in [1.165, 1.54) is 10.4 Å². The first kappa shape index (κ1) is 14.5. The molecule has 0 saturated carbocycles. The highest BCUT2D eigenvalue weighted by Crippen LogP contribution is 2.26. The van der Waals surface area contributed by atoms with Gasteiger partial charge in [0.2, 0.25) is 0 Å². The number of hydrazine groups is 1. The summed E-state index contributed by atoms with van der Waals surface area (Å²) < 4.78 is 6.20. The Hall–Kier alpha value is -0.880. The van der Waals surface area contributed by atoms with E-state index >= 15 is 0 Å². The molecule has 1 heterocycles. The number of thiophene rings is 1. The van der Waals surface area contributed by atoms with Crippen molar-refractivity contribution in [2.24, 2.45) is 5.84 Å². The van der Waals surface area contributed by atoms with Crippen LogP contribution in [0.3, 0.4) is 0 Å². The number of methoxy groups -OCH3 is 1. The largest absolute Gasteiger partial charge is 0.496 e. The quantitative estimate of drug-likeness (QED) is 0.627. The van der Waals surface area contributed by atoms with E-state index in [1.807, 2.05) is 6.07 Å². The number of nitrogens with two attached hydrogens (primary N) is 1. The molecular weight excluding hydrogens is 324 g/mol. The SMILES string of the molecule is COc1ccc(CC(Cc2cccs2)NN)cc1Br. The van der Waals surface area contributed by atoms with Gasteiger partial charge in [0.25, 0.3) is 0 Å². The van der Waals surface area contributed by atoms with Gasteiger partial charge in [-0.15, -0.1) is 11.3 Å². The minimum absolute atomic E-state index is 0.235. The van der Waals surface area contributed by atoms with E-state index in [2.05, 4.69) is 51.0 Å². The maximum atomic E-state index is 5.65. The molecule has 0 radical (unpaired) electrons. The first-order valence-corrected chi connectivity index (χ1v) is 7.71. The Morgan fingerprint density at radius 3 is 2.79 bits per heavy atom. The molecule has 0 aliphatic heterocycles. The van der Waals surface area contributed by atoms with Crippen molar-refractivity contribution >= 4 is 27.3 Å². The molecule has 0 amide bonds. The predicted molar refractivity (Wildman–Crippen MR) is 83.5 cm³/mol. The number of halogens is 1. The molecule has 2 aromatic rings. The summed E-state index contributed by atoms with van der Waals surface area (Å²) in [6.45, 7) is 0. The van der Waals surface area contributed by atoms with Crippen LogP contribution in [-0.4, -0.2) is 13.2 Å². The second kappa shape index (κ2) is 7.05. The highest BCUT2D eigenvalue weighted by Gasteiger charge is 2.11. The molecule has 102 valence electrons. The Labute approximate surface area is 125 Å². The zero-order valence-corrected chi connectivity index (χ0v) is 13.1. The van der Waals surface area contributed by atoms with Crippen molar-refractivity contribution in [3.05, 3.63) is 50.6 Å². The van der Waals surface area contributed by atoms with E-state index < -0.39 is 0 Å². The second-order valence-electron chi connectivity index (χ2n) is 4.32. The van der Waals surface area contributed by atoms with Crippen molar-refractivity contribution in [1.29, 1.82) is 0 Å². The summed E-state index contributed by atoms with van der Waals surface area (Å²) in [6, 6.07) is 10.6. The van der Waals surface area contributed by atoms with Gasteiger partial charge in [-0.25, -0.2) is 0 Å². The maximum Gasteiger partial charge on any atom is 0.133 e. The fourth-order valence-corrected chi connectivity index (χ4v) is 3.36. The summed E-state index contributed by atoms with van der Waals surface area (Å²) >= 11 is 5.27. The van der Waals surface area contributed by atoms with Gasteiger partial charge in [0, 0.05) is 10.9 Å². The van der Waals surface area contributed by atoms with E-state index in [-0.39, 0.29) is 6.04 Å². The first-order chi connectivity index (χ1) is 9.22. The lowest BCUT2D eigenvalue weighted by Gasteiger charge is -2.15. The van der Waals surface area contributed by atoms with Crippen LogP contribution in [0, 0.1) is 0 Å². The summed E-state index contributed by atoms with van der Waals surface area (Å²) in [5, 5.41) is 2.09. The van der Waals surface area contributed by atoms with Crippen molar-refractivity contribution in [2.75, 3.05) is 7.11 Å². The van der Waals surface area contributed by atoms with E-state index in [9.17, 15) is 0 Å². The summed E-state index contributed by atoms with van der Waals surface area (Å²) in [7, 11) is 1.67. The van der Waals surface area contributed by atoms with Gasteiger partial charge in [0.1, 0.15) is 5.75 Å². The van der Waals surface area contributed by atoms with Crippen LogP contribution < -0.4 is 16.0 Å². The Kier molecular flexibility index (Phi) is 5.39. The molecule has 2 rings (SSSR count). The van der Waals surface area contributed by atoms with Crippen LogP contribution in [-0.2, 0) is 12.8 Å². The smallest absolute Gasteiger partial charge is 0.133 e. The van der Waals surface area contributed by atoms with Gasteiger partial charge in [-0.05, 0) is 57.9 Å². The molecule has 0 saturated heterocycles. The fourth-order valence-electron chi connectivity index (χ4n) is 1.98. The number of rotatable bonds is 6. The minimum Gasteiger partial charge on any atom is -0.496 e. The average Bonchev–Trinajstić information content (AvgIpc) is 2.91. The fraction of sp³-hybridized carbons (Fsp3) is 0.286. The monoisotopic (exact) mass is 340 g/mol. The van der Waals surface area contributed by atoms with Gasteiger partial charge in [0.05, 0.1) is 11.6 Å². The molecule has 0 aliphatic carbocycles. The molecule has 0 spiro atoms. The van der Waals surface area contributed by atoms with Crippen LogP contribution in [0.5, 0.6) is 5.75 Å². The molecule has 1 aromatic heterocycles. The van der Waals surface area contributed by atoms with Gasteiger partial charge in [0.15, 0.2) is 0 Å². The topological polar surface area (TPSA) is 47.3 Å². The lowest BCUT2D eigenvalue weighted by molar-refractivity contribution is 0.412. The van der Waals surface area contributed by atoms with Crippen LogP contribution in [0.2, 0.25) is 0 Å².